The van der Waals surface area contributed by atoms with Gasteiger partial charge in [-0.25, -0.2) is 0 Å². The van der Waals surface area contributed by atoms with E-state index in [-0.39, 0.29) is 11.8 Å². The SMILES string of the molecule is CC(CC(=O)Nc1sc2c(c1C#N)CCNC2)c1ccncc1. The number of hydrogen-bond donors (Lipinski definition) is 2. The van der Waals surface area contributed by atoms with Crippen molar-refractivity contribution in [3.05, 3.63) is 46.1 Å². The lowest BCUT2D eigenvalue weighted by Gasteiger charge is -2.12. The minimum atomic E-state index is -0.0580. The molecule has 1 atom stereocenters. The molecule has 1 amide bonds. The van der Waals surface area contributed by atoms with E-state index < -0.39 is 0 Å². The molecule has 0 aliphatic carbocycles. The fourth-order valence-corrected chi connectivity index (χ4v) is 3.99. The third-order valence-corrected chi connectivity index (χ3v) is 5.21. The number of aromatic nitrogens is 1. The van der Waals surface area contributed by atoms with Gasteiger partial charge in [-0.15, -0.1) is 11.3 Å². The Morgan fingerprint density at radius 3 is 3.04 bits per heavy atom. The van der Waals surface area contributed by atoms with Crippen molar-refractivity contribution in [1.82, 2.24) is 10.3 Å². The van der Waals surface area contributed by atoms with Gasteiger partial charge in [-0.2, -0.15) is 5.26 Å². The van der Waals surface area contributed by atoms with Crippen LogP contribution in [-0.2, 0) is 17.8 Å². The van der Waals surface area contributed by atoms with Crippen molar-refractivity contribution in [2.75, 3.05) is 11.9 Å². The number of rotatable bonds is 4. The van der Waals surface area contributed by atoms with Gasteiger partial charge in [0.25, 0.3) is 0 Å². The van der Waals surface area contributed by atoms with Gasteiger partial charge in [-0.3, -0.25) is 9.78 Å². The Morgan fingerprint density at radius 2 is 2.30 bits per heavy atom. The van der Waals surface area contributed by atoms with Crippen LogP contribution in [0.1, 0.15) is 40.8 Å². The fourth-order valence-electron chi connectivity index (χ4n) is 2.81. The third-order valence-electron chi connectivity index (χ3n) is 4.06. The Morgan fingerprint density at radius 1 is 1.52 bits per heavy atom. The second-order valence-corrected chi connectivity index (χ2v) is 6.79. The first-order chi connectivity index (χ1) is 11.2. The molecule has 6 heteroatoms. The molecule has 23 heavy (non-hydrogen) atoms. The Kier molecular flexibility index (Phi) is 4.70. The maximum atomic E-state index is 12.3. The van der Waals surface area contributed by atoms with Gasteiger partial charge in [0.15, 0.2) is 0 Å². The summed E-state index contributed by atoms with van der Waals surface area (Å²) in [6, 6.07) is 6.10. The van der Waals surface area contributed by atoms with Crippen molar-refractivity contribution in [3.63, 3.8) is 0 Å². The normalized spacial score (nSPS) is 14.6. The van der Waals surface area contributed by atoms with E-state index in [2.05, 4.69) is 21.7 Å². The van der Waals surface area contributed by atoms with Crippen molar-refractivity contribution in [3.8, 4) is 6.07 Å². The van der Waals surface area contributed by atoms with Crippen LogP contribution < -0.4 is 10.6 Å². The molecule has 1 aliphatic rings. The van der Waals surface area contributed by atoms with Gasteiger partial charge in [-0.05, 0) is 42.1 Å². The zero-order valence-electron chi connectivity index (χ0n) is 12.9. The quantitative estimate of drug-likeness (QED) is 0.905. The van der Waals surface area contributed by atoms with E-state index in [0.717, 1.165) is 35.5 Å². The van der Waals surface area contributed by atoms with Crippen LogP contribution in [0.3, 0.4) is 0 Å². The standard InChI is InChI=1S/C17H18N4OS/c1-11(12-2-5-19-6-3-12)8-16(22)21-17-14(9-18)13-4-7-20-10-15(13)23-17/h2-3,5-6,11,20H,4,7-8,10H2,1H3,(H,21,22). The first kappa shape index (κ1) is 15.7. The van der Waals surface area contributed by atoms with Crippen molar-refractivity contribution < 1.29 is 4.79 Å². The highest BCUT2D eigenvalue weighted by Gasteiger charge is 2.22. The number of anilines is 1. The van der Waals surface area contributed by atoms with Crippen molar-refractivity contribution >= 4 is 22.2 Å². The van der Waals surface area contributed by atoms with E-state index in [9.17, 15) is 10.1 Å². The van der Waals surface area contributed by atoms with E-state index in [1.165, 1.54) is 11.3 Å². The summed E-state index contributed by atoms with van der Waals surface area (Å²) in [5, 5.41) is 16.3. The second kappa shape index (κ2) is 6.90. The number of nitrogens with zero attached hydrogens (tertiary/aromatic N) is 2. The molecule has 0 aromatic carbocycles. The number of nitriles is 1. The van der Waals surface area contributed by atoms with Gasteiger partial charge >= 0.3 is 0 Å². The third kappa shape index (κ3) is 3.41. The van der Waals surface area contributed by atoms with E-state index in [0.29, 0.717) is 17.0 Å². The lowest BCUT2D eigenvalue weighted by molar-refractivity contribution is -0.116. The summed E-state index contributed by atoms with van der Waals surface area (Å²) >= 11 is 1.51. The number of amides is 1. The lowest BCUT2D eigenvalue weighted by Crippen LogP contribution is -2.22. The van der Waals surface area contributed by atoms with Crippen LogP contribution >= 0.6 is 11.3 Å². The molecule has 1 unspecified atom stereocenters. The van der Waals surface area contributed by atoms with Gasteiger partial charge in [0.2, 0.25) is 5.91 Å². The highest BCUT2D eigenvalue weighted by Crippen LogP contribution is 2.35. The maximum absolute atomic E-state index is 12.3. The van der Waals surface area contributed by atoms with Crippen LogP contribution in [0.4, 0.5) is 5.00 Å². The van der Waals surface area contributed by atoms with Crippen LogP contribution in [0, 0.1) is 11.3 Å². The Bertz CT molecular complexity index is 748. The molecular weight excluding hydrogens is 308 g/mol. The smallest absolute Gasteiger partial charge is 0.225 e. The summed E-state index contributed by atoms with van der Waals surface area (Å²) in [6.45, 7) is 3.67. The number of hydrogen-bond acceptors (Lipinski definition) is 5. The summed E-state index contributed by atoms with van der Waals surface area (Å²) in [5.74, 6) is 0.0529. The molecule has 0 spiro atoms. The van der Waals surface area contributed by atoms with Crippen LogP contribution in [-0.4, -0.2) is 17.4 Å². The number of nitrogens with one attached hydrogen (secondary N) is 2. The van der Waals surface area contributed by atoms with Crippen molar-refractivity contribution in [1.29, 1.82) is 5.26 Å². The molecule has 0 bridgehead atoms. The predicted molar refractivity (Wildman–Crippen MR) is 90.3 cm³/mol. The topological polar surface area (TPSA) is 77.8 Å². The molecule has 0 saturated carbocycles. The molecule has 2 aromatic heterocycles. The number of pyridine rings is 1. The summed E-state index contributed by atoms with van der Waals surface area (Å²) < 4.78 is 0. The molecule has 0 fully saturated rings. The van der Waals surface area contributed by atoms with E-state index in [1.54, 1.807) is 12.4 Å². The molecule has 118 valence electrons. The van der Waals surface area contributed by atoms with Crippen LogP contribution in [0.25, 0.3) is 0 Å². The largest absolute Gasteiger partial charge is 0.317 e. The maximum Gasteiger partial charge on any atom is 0.225 e. The fraction of sp³-hybridized carbons (Fsp3) is 0.353. The first-order valence-electron chi connectivity index (χ1n) is 7.64. The monoisotopic (exact) mass is 326 g/mol. The average molecular weight is 326 g/mol. The Balaban J connectivity index is 1.71. The molecule has 0 saturated heterocycles. The van der Waals surface area contributed by atoms with Gasteiger partial charge in [-0.1, -0.05) is 6.92 Å². The average Bonchev–Trinajstić information content (AvgIpc) is 2.92. The highest BCUT2D eigenvalue weighted by molar-refractivity contribution is 7.16. The summed E-state index contributed by atoms with van der Waals surface area (Å²) in [4.78, 5) is 17.5. The first-order valence-corrected chi connectivity index (χ1v) is 8.45. The van der Waals surface area contributed by atoms with Crippen molar-refractivity contribution in [2.24, 2.45) is 0 Å². The molecule has 2 aromatic rings. The minimum Gasteiger partial charge on any atom is -0.317 e. The summed E-state index contributed by atoms with van der Waals surface area (Å²) in [6.07, 6.45) is 4.70. The summed E-state index contributed by atoms with van der Waals surface area (Å²) in [7, 11) is 0. The Hall–Kier alpha value is -2.23. The highest BCUT2D eigenvalue weighted by atomic mass is 32.1. The van der Waals surface area contributed by atoms with E-state index >= 15 is 0 Å². The number of carbonyl (C=O) groups excluding carboxylic acids is 1. The van der Waals surface area contributed by atoms with Crippen LogP contribution in [0.5, 0.6) is 0 Å². The summed E-state index contributed by atoms with van der Waals surface area (Å²) in [5.41, 5.74) is 2.82. The van der Waals surface area contributed by atoms with E-state index in [4.69, 9.17) is 0 Å². The lowest BCUT2D eigenvalue weighted by atomic mass is 9.98. The molecule has 3 rings (SSSR count). The van der Waals surface area contributed by atoms with Gasteiger partial charge in [0.05, 0.1) is 5.56 Å². The molecular formula is C17H18N4OS. The molecule has 5 nitrogen and oxygen atoms in total. The molecule has 3 heterocycles. The van der Waals surface area contributed by atoms with Gasteiger partial charge < -0.3 is 10.6 Å². The molecule has 2 N–H and O–H groups in total. The second-order valence-electron chi connectivity index (χ2n) is 5.68. The molecule has 1 aliphatic heterocycles. The number of thiophene rings is 1. The minimum absolute atomic E-state index is 0.0580. The van der Waals surface area contributed by atoms with E-state index in [1.807, 2.05) is 19.1 Å². The van der Waals surface area contributed by atoms with Gasteiger partial charge in [0.1, 0.15) is 11.1 Å². The molecule has 0 radical (unpaired) electrons. The van der Waals surface area contributed by atoms with Gasteiger partial charge in [0, 0.05) is 30.2 Å². The number of fused-ring (bicyclic) bond motifs is 1. The van der Waals surface area contributed by atoms with Crippen LogP contribution in [0.2, 0.25) is 0 Å². The zero-order chi connectivity index (χ0) is 16.2. The predicted octanol–water partition coefficient (Wildman–Crippen LogP) is 2.79. The zero-order valence-corrected chi connectivity index (χ0v) is 13.7. The van der Waals surface area contributed by atoms with Crippen LogP contribution in [0.15, 0.2) is 24.5 Å². The van der Waals surface area contributed by atoms with Crippen molar-refractivity contribution in [2.45, 2.75) is 32.2 Å². The number of carbonyl (C=O) groups is 1. The Labute approximate surface area is 139 Å².